The van der Waals surface area contributed by atoms with Crippen molar-refractivity contribution in [2.24, 2.45) is 0 Å². The van der Waals surface area contributed by atoms with Crippen LogP contribution < -0.4 is 20.7 Å². The molecule has 2 fully saturated rings. The van der Waals surface area contributed by atoms with Crippen molar-refractivity contribution in [3.63, 3.8) is 0 Å². The molecule has 3 aromatic carbocycles. The van der Waals surface area contributed by atoms with Crippen LogP contribution in [0, 0.1) is 5.82 Å². The molecule has 3 heterocycles. The van der Waals surface area contributed by atoms with Crippen molar-refractivity contribution in [1.82, 2.24) is 20.6 Å². The fraction of sp³-hybridized carbons (Fsp3) is 0.323. The Hall–Kier alpha value is -3.83. The van der Waals surface area contributed by atoms with Gasteiger partial charge in [-0.25, -0.2) is 14.4 Å². The van der Waals surface area contributed by atoms with Gasteiger partial charge >= 0.3 is 5.97 Å². The van der Waals surface area contributed by atoms with Gasteiger partial charge in [-0.1, -0.05) is 41.9 Å². The van der Waals surface area contributed by atoms with Crippen molar-refractivity contribution >= 4 is 34.2 Å². The number of halogens is 2. The molecular weight excluding hydrogens is 561 g/mol. The summed E-state index contributed by atoms with van der Waals surface area (Å²) in [7, 11) is 0. The number of hydrogen-bond acceptors (Lipinski definition) is 8. The van der Waals surface area contributed by atoms with E-state index in [2.05, 4.69) is 25.9 Å². The highest BCUT2D eigenvalue weighted by atomic mass is 35.5. The molecule has 42 heavy (non-hydrogen) atoms. The number of fused-ring (bicyclic) bond motifs is 1. The van der Waals surface area contributed by atoms with Gasteiger partial charge in [0.1, 0.15) is 17.9 Å². The van der Waals surface area contributed by atoms with Gasteiger partial charge in [0.05, 0.1) is 53.7 Å². The lowest BCUT2D eigenvalue weighted by Gasteiger charge is -2.30. The minimum absolute atomic E-state index is 0.0625. The van der Waals surface area contributed by atoms with Gasteiger partial charge in [0, 0.05) is 49.6 Å². The summed E-state index contributed by atoms with van der Waals surface area (Å²) >= 11 is 6.02. The van der Waals surface area contributed by atoms with E-state index in [0.29, 0.717) is 18.3 Å². The molecule has 0 radical (unpaired) electrons. The number of anilines is 1. The van der Waals surface area contributed by atoms with Gasteiger partial charge in [-0.15, -0.1) is 0 Å². The number of carboxylic acids is 1. The zero-order valence-corrected chi connectivity index (χ0v) is 23.7. The molecule has 4 N–H and O–H groups in total. The van der Waals surface area contributed by atoms with Gasteiger partial charge < -0.3 is 30.5 Å². The predicted octanol–water partition coefficient (Wildman–Crippen LogP) is 4.54. The average Bonchev–Trinajstić information content (AvgIpc) is 2.97. The van der Waals surface area contributed by atoms with Crippen molar-refractivity contribution in [2.45, 2.75) is 25.0 Å². The summed E-state index contributed by atoms with van der Waals surface area (Å²) in [4.78, 5) is 19.1. The monoisotopic (exact) mass is 593 g/mol. The molecule has 1 aromatic heterocycles. The fourth-order valence-electron chi connectivity index (χ4n) is 4.68. The summed E-state index contributed by atoms with van der Waals surface area (Å²) in [5.74, 6) is -0.498. The van der Waals surface area contributed by atoms with Crippen LogP contribution in [0.25, 0.3) is 22.2 Å². The van der Waals surface area contributed by atoms with Gasteiger partial charge in [-0.05, 0) is 29.8 Å². The van der Waals surface area contributed by atoms with E-state index in [9.17, 15) is 9.18 Å². The second kappa shape index (κ2) is 14.4. The molecule has 0 spiro atoms. The summed E-state index contributed by atoms with van der Waals surface area (Å²) in [6.07, 6.45) is 2.58. The highest BCUT2D eigenvalue weighted by Gasteiger charge is 2.20. The number of rotatable bonds is 9. The summed E-state index contributed by atoms with van der Waals surface area (Å²) < 4.78 is 25.6. The normalized spacial score (nSPS) is 16.7. The summed E-state index contributed by atoms with van der Waals surface area (Å²) in [6.45, 7) is 4.80. The lowest BCUT2D eigenvalue weighted by Crippen LogP contribution is -2.51. The second-order valence-electron chi connectivity index (χ2n) is 10.1. The Kier molecular flexibility index (Phi) is 10.1. The number of nitrogens with zero attached hydrogens (tertiary/aromatic N) is 2. The van der Waals surface area contributed by atoms with E-state index in [0.717, 1.165) is 72.7 Å². The van der Waals surface area contributed by atoms with E-state index < -0.39 is 11.8 Å². The van der Waals surface area contributed by atoms with E-state index in [1.807, 2.05) is 30.3 Å². The SMILES string of the molecule is Fc1ccc(-c2ncnc3cc(OCCC4CNCCO4)c(NC4CNC4)cc23)cc1Cl.O=C(O)Cc1ccccc1. The molecule has 6 rings (SSSR count). The molecule has 0 aliphatic carbocycles. The Bertz CT molecular complexity index is 1500. The van der Waals surface area contributed by atoms with Gasteiger partial charge in [-0.2, -0.15) is 0 Å². The number of aliphatic carboxylic acids is 1. The summed E-state index contributed by atoms with van der Waals surface area (Å²) in [5, 5.41) is 19.4. The maximum atomic E-state index is 13.7. The summed E-state index contributed by atoms with van der Waals surface area (Å²) in [5.41, 5.74) is 3.90. The molecule has 2 saturated heterocycles. The van der Waals surface area contributed by atoms with Crippen molar-refractivity contribution < 1.29 is 23.8 Å². The predicted molar refractivity (Wildman–Crippen MR) is 161 cm³/mol. The first kappa shape index (κ1) is 29.7. The topological polar surface area (TPSA) is 118 Å². The van der Waals surface area contributed by atoms with Gasteiger partial charge in [0.25, 0.3) is 0 Å². The Morgan fingerprint density at radius 2 is 1.93 bits per heavy atom. The Labute approximate surface area is 248 Å². The number of hydrogen-bond donors (Lipinski definition) is 4. The van der Waals surface area contributed by atoms with E-state index in [1.54, 1.807) is 24.3 Å². The van der Waals surface area contributed by atoms with E-state index in [4.69, 9.17) is 26.2 Å². The second-order valence-corrected chi connectivity index (χ2v) is 10.5. The molecule has 1 unspecified atom stereocenters. The van der Waals surface area contributed by atoms with Gasteiger partial charge in [0.2, 0.25) is 0 Å². The van der Waals surface area contributed by atoms with Crippen molar-refractivity contribution in [1.29, 1.82) is 0 Å². The number of aromatic nitrogens is 2. The zero-order valence-electron chi connectivity index (χ0n) is 23.0. The number of ether oxygens (including phenoxy) is 2. The molecule has 0 amide bonds. The van der Waals surface area contributed by atoms with Crippen LogP contribution in [-0.4, -0.2) is 72.6 Å². The molecule has 2 aliphatic rings. The van der Waals surface area contributed by atoms with Crippen molar-refractivity contribution in [3.05, 3.63) is 83.4 Å². The molecular formula is C31H33ClFN5O4. The average molecular weight is 594 g/mol. The highest BCUT2D eigenvalue weighted by Crippen LogP contribution is 2.35. The van der Waals surface area contributed by atoms with Gasteiger partial charge in [-0.3, -0.25) is 4.79 Å². The minimum atomic E-state index is -0.786. The lowest BCUT2D eigenvalue weighted by atomic mass is 10.0. The maximum absolute atomic E-state index is 13.7. The van der Waals surface area contributed by atoms with E-state index in [1.165, 1.54) is 12.4 Å². The van der Waals surface area contributed by atoms with Crippen LogP contribution in [0.15, 0.2) is 67.0 Å². The highest BCUT2D eigenvalue weighted by molar-refractivity contribution is 6.31. The number of benzene rings is 3. The number of morpholine rings is 1. The first-order valence-corrected chi connectivity index (χ1v) is 14.3. The van der Waals surface area contributed by atoms with Crippen LogP contribution in [0.5, 0.6) is 5.75 Å². The lowest BCUT2D eigenvalue weighted by molar-refractivity contribution is -0.136. The maximum Gasteiger partial charge on any atom is 0.307 e. The molecule has 2 aliphatic heterocycles. The molecule has 220 valence electrons. The van der Waals surface area contributed by atoms with Crippen LogP contribution in [0.2, 0.25) is 5.02 Å². The molecule has 0 saturated carbocycles. The Morgan fingerprint density at radius 3 is 2.62 bits per heavy atom. The molecule has 1 atom stereocenters. The number of carbonyl (C=O) groups is 1. The van der Waals surface area contributed by atoms with E-state index >= 15 is 0 Å². The smallest absolute Gasteiger partial charge is 0.307 e. The molecule has 4 aromatic rings. The quantitative estimate of drug-likeness (QED) is 0.222. The molecule has 9 nitrogen and oxygen atoms in total. The van der Waals surface area contributed by atoms with E-state index in [-0.39, 0.29) is 17.5 Å². The van der Waals surface area contributed by atoms with Gasteiger partial charge in [0.15, 0.2) is 0 Å². The fourth-order valence-corrected chi connectivity index (χ4v) is 4.86. The standard InChI is InChI=1S/C23H25ClFN5O2.C8H8O2/c24-18-7-14(1-2-19(18)25)23-17-8-21(30-15-10-27-11-15)22(9-20(17)28-13-29-23)32-5-3-16-12-26-4-6-31-16;9-8(10)6-7-4-2-1-3-5-7/h1-2,7-9,13,15-16,26-27,30H,3-6,10-12H2;1-5H,6H2,(H,9,10). The number of nitrogens with one attached hydrogen (secondary N) is 3. The third-order valence-corrected chi connectivity index (χ3v) is 7.26. The Morgan fingerprint density at radius 1 is 1.10 bits per heavy atom. The third-order valence-electron chi connectivity index (χ3n) is 6.97. The van der Waals surface area contributed by atoms with Crippen LogP contribution in [0.4, 0.5) is 10.1 Å². The van der Waals surface area contributed by atoms with Crippen LogP contribution in [-0.2, 0) is 16.0 Å². The first-order valence-electron chi connectivity index (χ1n) is 13.9. The van der Waals surface area contributed by atoms with Crippen LogP contribution in [0.3, 0.4) is 0 Å². The first-order chi connectivity index (χ1) is 20.5. The van der Waals surface area contributed by atoms with Crippen molar-refractivity contribution in [2.75, 3.05) is 44.7 Å². The molecule has 0 bridgehead atoms. The number of carboxylic acid groups (broad SMARTS) is 1. The van der Waals surface area contributed by atoms with Crippen LogP contribution in [0.1, 0.15) is 12.0 Å². The summed E-state index contributed by atoms with van der Waals surface area (Å²) in [6, 6.07) is 18.0. The van der Waals surface area contributed by atoms with Crippen LogP contribution >= 0.6 is 11.6 Å². The Balaban J connectivity index is 0.000000300. The van der Waals surface area contributed by atoms with Crippen molar-refractivity contribution in [3.8, 4) is 17.0 Å². The zero-order chi connectivity index (χ0) is 29.3. The third kappa shape index (κ3) is 7.92. The largest absolute Gasteiger partial charge is 0.491 e. The molecule has 11 heteroatoms. The minimum Gasteiger partial charge on any atom is -0.491 e.